The largest absolute Gasteiger partial charge is 0.472 e. The van der Waals surface area contributed by atoms with Crippen LogP contribution in [-0.2, 0) is 5.41 Å². The lowest BCUT2D eigenvalue weighted by molar-refractivity contribution is 0.407. The maximum atomic E-state index is 12.2. The summed E-state index contributed by atoms with van der Waals surface area (Å²) in [5.41, 5.74) is 0.0781. The SMILES string of the molecule is CC(C)(C)c1ocnc1/C=c1\[nH]c(=O)/c(=C/c2ccoc2)[nH]c1=O. The van der Waals surface area contributed by atoms with Crippen LogP contribution >= 0.6 is 0 Å². The molecule has 124 valence electrons. The Morgan fingerprint density at radius 1 is 1.08 bits per heavy atom. The minimum atomic E-state index is -0.424. The maximum Gasteiger partial charge on any atom is 0.272 e. The molecular weight excluding hydrogens is 310 g/mol. The van der Waals surface area contributed by atoms with Crippen molar-refractivity contribution in [2.45, 2.75) is 26.2 Å². The van der Waals surface area contributed by atoms with Gasteiger partial charge in [-0.25, -0.2) is 4.98 Å². The van der Waals surface area contributed by atoms with Gasteiger partial charge in [-0.3, -0.25) is 9.59 Å². The first-order chi connectivity index (χ1) is 11.3. The summed E-state index contributed by atoms with van der Waals surface area (Å²) in [6.45, 7) is 5.92. The Kier molecular flexibility index (Phi) is 3.84. The van der Waals surface area contributed by atoms with E-state index in [1.165, 1.54) is 31.1 Å². The van der Waals surface area contributed by atoms with E-state index in [1.54, 1.807) is 6.07 Å². The van der Waals surface area contributed by atoms with E-state index in [0.717, 1.165) is 0 Å². The summed E-state index contributed by atoms with van der Waals surface area (Å²) in [4.78, 5) is 33.7. The molecule has 2 N–H and O–H groups in total. The molecule has 0 atom stereocenters. The summed E-state index contributed by atoms with van der Waals surface area (Å²) in [6, 6.07) is 1.68. The quantitative estimate of drug-likeness (QED) is 0.717. The third-order valence-electron chi connectivity index (χ3n) is 3.40. The molecule has 0 aromatic carbocycles. The van der Waals surface area contributed by atoms with Gasteiger partial charge in [-0.1, -0.05) is 20.8 Å². The average molecular weight is 327 g/mol. The maximum absolute atomic E-state index is 12.2. The van der Waals surface area contributed by atoms with Gasteiger partial charge < -0.3 is 18.8 Å². The van der Waals surface area contributed by atoms with Crippen molar-refractivity contribution in [3.63, 3.8) is 0 Å². The summed E-state index contributed by atoms with van der Waals surface area (Å²) in [5.74, 6) is 0.636. The van der Waals surface area contributed by atoms with Crippen molar-refractivity contribution < 1.29 is 8.83 Å². The van der Waals surface area contributed by atoms with Gasteiger partial charge in [-0.05, 0) is 18.2 Å². The Balaban J connectivity index is 2.15. The third-order valence-corrected chi connectivity index (χ3v) is 3.40. The fourth-order valence-electron chi connectivity index (χ4n) is 2.28. The molecule has 0 spiro atoms. The number of oxazole rings is 1. The van der Waals surface area contributed by atoms with Crippen molar-refractivity contribution in [1.29, 1.82) is 0 Å². The van der Waals surface area contributed by atoms with Gasteiger partial charge in [0.05, 0.1) is 12.5 Å². The lowest BCUT2D eigenvalue weighted by Gasteiger charge is -2.14. The van der Waals surface area contributed by atoms with Gasteiger partial charge in [0, 0.05) is 11.0 Å². The van der Waals surface area contributed by atoms with Gasteiger partial charge in [0.15, 0.2) is 6.39 Å². The van der Waals surface area contributed by atoms with Gasteiger partial charge in [-0.2, -0.15) is 0 Å². The van der Waals surface area contributed by atoms with Crippen LogP contribution < -0.4 is 21.8 Å². The number of nitrogens with one attached hydrogen (secondary N) is 2. The number of furan rings is 1. The molecule has 3 aromatic heterocycles. The highest BCUT2D eigenvalue weighted by Crippen LogP contribution is 2.25. The van der Waals surface area contributed by atoms with Crippen LogP contribution in [0, 0.1) is 0 Å². The molecule has 7 heteroatoms. The number of H-pyrrole nitrogens is 2. The predicted molar refractivity (Wildman–Crippen MR) is 88.0 cm³/mol. The van der Waals surface area contributed by atoms with Crippen LogP contribution in [0.2, 0.25) is 0 Å². The first kappa shape index (κ1) is 15.8. The minimum absolute atomic E-state index is 0.115. The van der Waals surface area contributed by atoms with E-state index in [4.69, 9.17) is 8.83 Å². The molecule has 0 amide bonds. The molecule has 24 heavy (non-hydrogen) atoms. The molecule has 0 aliphatic rings. The highest BCUT2D eigenvalue weighted by Gasteiger charge is 2.21. The molecule has 0 aliphatic carbocycles. The molecule has 7 nitrogen and oxygen atoms in total. The molecule has 0 bridgehead atoms. The van der Waals surface area contributed by atoms with Gasteiger partial charge in [-0.15, -0.1) is 0 Å². The first-order valence-corrected chi connectivity index (χ1v) is 7.37. The fraction of sp³-hybridized carbons (Fsp3) is 0.235. The summed E-state index contributed by atoms with van der Waals surface area (Å²) in [7, 11) is 0. The highest BCUT2D eigenvalue weighted by molar-refractivity contribution is 5.47. The smallest absolute Gasteiger partial charge is 0.272 e. The molecule has 0 unspecified atom stereocenters. The second kappa shape index (κ2) is 5.84. The number of hydrogen-bond acceptors (Lipinski definition) is 5. The van der Waals surface area contributed by atoms with Gasteiger partial charge >= 0.3 is 0 Å². The highest BCUT2D eigenvalue weighted by atomic mass is 16.3. The number of nitrogens with zero attached hydrogens (tertiary/aromatic N) is 1. The molecule has 3 aromatic rings. The topological polar surface area (TPSA) is 105 Å². The van der Waals surface area contributed by atoms with Gasteiger partial charge in [0.2, 0.25) is 0 Å². The Morgan fingerprint density at radius 3 is 2.33 bits per heavy atom. The van der Waals surface area contributed by atoms with Crippen LogP contribution in [0.4, 0.5) is 0 Å². The normalized spacial score (nSPS) is 13.6. The Bertz CT molecular complexity index is 1080. The summed E-state index contributed by atoms with van der Waals surface area (Å²) >= 11 is 0. The van der Waals surface area contributed by atoms with Crippen LogP contribution in [0.5, 0.6) is 0 Å². The van der Waals surface area contributed by atoms with Crippen LogP contribution in [0.15, 0.2) is 43.4 Å². The summed E-state index contributed by atoms with van der Waals surface area (Å²) < 4.78 is 10.3. The van der Waals surface area contributed by atoms with E-state index in [0.29, 0.717) is 17.0 Å². The number of aromatic amines is 2. The van der Waals surface area contributed by atoms with Crippen molar-refractivity contribution >= 4 is 12.2 Å². The molecule has 0 saturated carbocycles. The van der Waals surface area contributed by atoms with Gasteiger partial charge in [0.25, 0.3) is 11.1 Å². The molecule has 3 heterocycles. The van der Waals surface area contributed by atoms with E-state index in [1.807, 2.05) is 20.8 Å². The number of hydrogen-bond donors (Lipinski definition) is 2. The zero-order valence-electron chi connectivity index (χ0n) is 13.5. The lowest BCUT2D eigenvalue weighted by atomic mass is 9.92. The van der Waals surface area contributed by atoms with E-state index < -0.39 is 11.1 Å². The monoisotopic (exact) mass is 327 g/mol. The van der Waals surface area contributed by atoms with E-state index in [9.17, 15) is 9.59 Å². The zero-order chi connectivity index (χ0) is 17.3. The standard InChI is InChI=1S/C17H17N3O4/c1-17(2,3)14-11(18-9-24-14)7-13-16(22)19-12(15(21)20-13)6-10-4-5-23-8-10/h4-9H,1-3H3,(H,19,22)(H,20,21)/b12-6-,13-7-. The number of rotatable bonds is 2. The van der Waals surface area contributed by atoms with E-state index in [2.05, 4.69) is 15.0 Å². The Morgan fingerprint density at radius 2 is 1.75 bits per heavy atom. The summed E-state index contributed by atoms with van der Waals surface area (Å²) in [5, 5.41) is 0.262. The van der Waals surface area contributed by atoms with Crippen molar-refractivity contribution in [3.8, 4) is 0 Å². The molecule has 0 aliphatic heterocycles. The molecule has 0 saturated heterocycles. The van der Waals surface area contributed by atoms with Crippen molar-refractivity contribution in [1.82, 2.24) is 15.0 Å². The Hall–Kier alpha value is -3.09. The van der Waals surface area contributed by atoms with Crippen molar-refractivity contribution in [2.24, 2.45) is 0 Å². The zero-order valence-corrected chi connectivity index (χ0v) is 13.5. The third kappa shape index (κ3) is 3.15. The van der Waals surface area contributed by atoms with Crippen LogP contribution in [-0.4, -0.2) is 15.0 Å². The molecule has 3 rings (SSSR count). The van der Waals surface area contributed by atoms with Crippen LogP contribution in [0.25, 0.3) is 12.2 Å². The number of aromatic nitrogens is 3. The fourth-order valence-corrected chi connectivity index (χ4v) is 2.28. The molecular formula is C17H17N3O4. The van der Waals surface area contributed by atoms with Crippen LogP contribution in [0.3, 0.4) is 0 Å². The van der Waals surface area contributed by atoms with Gasteiger partial charge in [0.1, 0.15) is 22.2 Å². The first-order valence-electron chi connectivity index (χ1n) is 7.37. The predicted octanol–water partition coefficient (Wildman–Crippen LogP) is 0.599. The second-order valence-corrected chi connectivity index (χ2v) is 6.40. The lowest BCUT2D eigenvalue weighted by Crippen LogP contribution is -2.46. The van der Waals surface area contributed by atoms with E-state index >= 15 is 0 Å². The second-order valence-electron chi connectivity index (χ2n) is 6.40. The molecule has 0 radical (unpaired) electrons. The van der Waals surface area contributed by atoms with Crippen molar-refractivity contribution in [3.05, 3.63) is 73.4 Å². The summed E-state index contributed by atoms with van der Waals surface area (Å²) in [6.07, 6.45) is 7.32. The average Bonchev–Trinajstić information content (AvgIpc) is 3.14. The van der Waals surface area contributed by atoms with Crippen LogP contribution in [0.1, 0.15) is 37.8 Å². The van der Waals surface area contributed by atoms with Crippen molar-refractivity contribution in [2.75, 3.05) is 0 Å². The molecule has 0 fully saturated rings. The minimum Gasteiger partial charge on any atom is -0.472 e. The Labute approximate surface area is 136 Å². The van der Waals surface area contributed by atoms with E-state index in [-0.39, 0.29) is 16.1 Å².